The van der Waals surface area contributed by atoms with Gasteiger partial charge in [0, 0.05) is 36.1 Å². The van der Waals surface area contributed by atoms with Gasteiger partial charge in [-0.15, -0.1) is 11.3 Å². The van der Waals surface area contributed by atoms with Crippen LogP contribution in [-0.4, -0.2) is 41.4 Å². The van der Waals surface area contributed by atoms with E-state index in [0.29, 0.717) is 23.4 Å². The third-order valence-corrected chi connectivity index (χ3v) is 6.55. The van der Waals surface area contributed by atoms with Gasteiger partial charge in [0.15, 0.2) is 0 Å². The molecule has 1 amide bonds. The van der Waals surface area contributed by atoms with Crippen LogP contribution in [0.15, 0.2) is 72.8 Å². The fourth-order valence-electron chi connectivity index (χ4n) is 3.68. The molecule has 0 radical (unpaired) electrons. The minimum absolute atomic E-state index is 0.0320. The number of nitrogen functional groups attached to an aromatic ring is 1. The Morgan fingerprint density at radius 3 is 2.34 bits per heavy atom. The zero-order valence-corrected chi connectivity index (χ0v) is 20.0. The lowest BCUT2D eigenvalue weighted by atomic mass is 10.1. The van der Waals surface area contributed by atoms with Crippen LogP contribution < -0.4 is 15.5 Å². The number of nitrogens with one attached hydrogen (secondary N) is 1. The summed E-state index contributed by atoms with van der Waals surface area (Å²) < 4.78 is 0.966. The van der Waals surface area contributed by atoms with Crippen molar-refractivity contribution in [1.82, 2.24) is 4.98 Å². The number of carboxylic acids is 1. The lowest BCUT2D eigenvalue weighted by Crippen LogP contribution is -2.33. The normalized spacial score (nSPS) is 10.8. The van der Waals surface area contributed by atoms with Gasteiger partial charge in [0.1, 0.15) is 10.8 Å². The van der Waals surface area contributed by atoms with E-state index in [1.807, 2.05) is 55.6 Å². The first kappa shape index (κ1) is 23.9. The van der Waals surface area contributed by atoms with E-state index in [4.69, 9.17) is 21.2 Å². The van der Waals surface area contributed by atoms with Crippen molar-refractivity contribution in [3.05, 3.63) is 88.9 Å². The Hall–Kier alpha value is -4.24. The van der Waals surface area contributed by atoms with Crippen LogP contribution >= 0.6 is 11.3 Å². The lowest BCUT2D eigenvalue weighted by molar-refractivity contribution is -0.136. The lowest BCUT2D eigenvalue weighted by Gasteiger charge is -2.22. The second kappa shape index (κ2) is 10.4. The van der Waals surface area contributed by atoms with E-state index < -0.39 is 5.97 Å². The molecule has 4 N–H and O–H groups in total. The van der Waals surface area contributed by atoms with E-state index in [9.17, 15) is 9.59 Å². The number of nitrogens with two attached hydrogens (primary N) is 1. The topological polar surface area (TPSA) is 124 Å². The van der Waals surface area contributed by atoms with Crippen molar-refractivity contribution in [2.45, 2.75) is 13.0 Å². The van der Waals surface area contributed by atoms with Gasteiger partial charge in [0.05, 0.1) is 23.2 Å². The second-order valence-electron chi connectivity index (χ2n) is 8.04. The number of fused-ring (bicyclic) bond motifs is 1. The van der Waals surface area contributed by atoms with Gasteiger partial charge in [0.25, 0.3) is 5.91 Å². The summed E-state index contributed by atoms with van der Waals surface area (Å²) in [5.41, 5.74) is 9.01. The summed E-state index contributed by atoms with van der Waals surface area (Å²) in [7, 11) is 1.96. The highest BCUT2D eigenvalue weighted by Gasteiger charge is 2.20. The molecule has 0 spiro atoms. The van der Waals surface area contributed by atoms with Crippen LogP contribution in [0.1, 0.15) is 27.3 Å². The van der Waals surface area contributed by atoms with Crippen molar-refractivity contribution in [3.8, 4) is 0 Å². The summed E-state index contributed by atoms with van der Waals surface area (Å²) in [6.07, 6.45) is -0.149. The summed E-state index contributed by atoms with van der Waals surface area (Å²) >= 11 is 1.56. The van der Waals surface area contributed by atoms with Crippen molar-refractivity contribution >= 4 is 50.6 Å². The number of aliphatic carboxylic acids is 1. The summed E-state index contributed by atoms with van der Waals surface area (Å²) in [6, 6.07) is 21.9. The summed E-state index contributed by atoms with van der Waals surface area (Å²) in [6.45, 7) is 0.655. The number of amides is 1. The van der Waals surface area contributed by atoms with Crippen molar-refractivity contribution in [2.24, 2.45) is 5.73 Å². The van der Waals surface area contributed by atoms with Gasteiger partial charge in [-0.05, 0) is 54.6 Å². The number of hydrogen-bond donors (Lipinski definition) is 3. The highest BCUT2D eigenvalue weighted by Crippen LogP contribution is 2.27. The molecule has 4 rings (SSSR count). The molecule has 1 heterocycles. The third kappa shape index (κ3) is 5.64. The predicted octanol–water partition coefficient (Wildman–Crippen LogP) is 4.34. The molecule has 0 bridgehead atoms. The molecule has 35 heavy (non-hydrogen) atoms. The first-order valence-corrected chi connectivity index (χ1v) is 11.8. The molecule has 0 aliphatic heterocycles. The standard InChI is InChI=1S/C26H25N5O3S/c1-30(19-10-7-17(8-11-19)25(27)28)16-23-29-21-15-18(9-12-22(21)35-23)26(34)31(14-13-24(32)33)20-5-3-2-4-6-20/h2-12,15H,13-14,16H2,1H3,(H3,27,28)(H,32,33). The minimum Gasteiger partial charge on any atom is -0.481 e. The van der Waals surface area contributed by atoms with Crippen LogP contribution in [0.5, 0.6) is 0 Å². The molecule has 3 aromatic carbocycles. The molecule has 4 aromatic rings. The van der Waals surface area contributed by atoms with E-state index in [0.717, 1.165) is 20.9 Å². The first-order valence-electron chi connectivity index (χ1n) is 11.0. The fourth-order valence-corrected chi connectivity index (χ4v) is 4.69. The zero-order chi connectivity index (χ0) is 24.9. The molecule has 9 heteroatoms. The Morgan fingerprint density at radius 2 is 1.69 bits per heavy atom. The smallest absolute Gasteiger partial charge is 0.305 e. The van der Waals surface area contributed by atoms with Crippen LogP contribution in [0, 0.1) is 5.41 Å². The minimum atomic E-state index is -0.960. The maximum Gasteiger partial charge on any atom is 0.305 e. The van der Waals surface area contributed by atoms with Gasteiger partial charge >= 0.3 is 5.97 Å². The van der Waals surface area contributed by atoms with Crippen LogP contribution in [0.2, 0.25) is 0 Å². The largest absolute Gasteiger partial charge is 0.481 e. The highest BCUT2D eigenvalue weighted by atomic mass is 32.1. The summed E-state index contributed by atoms with van der Waals surface area (Å²) in [5, 5.41) is 17.6. The number of carbonyl (C=O) groups excluding carboxylic acids is 1. The molecule has 0 fully saturated rings. The molecule has 0 saturated heterocycles. The molecule has 178 valence electrons. The number of aromatic nitrogens is 1. The average Bonchev–Trinajstić information content (AvgIpc) is 3.26. The van der Waals surface area contributed by atoms with Crippen molar-refractivity contribution in [1.29, 1.82) is 5.41 Å². The van der Waals surface area contributed by atoms with Crippen LogP contribution in [-0.2, 0) is 11.3 Å². The number of nitrogens with zero attached hydrogens (tertiary/aromatic N) is 3. The fraction of sp³-hybridized carbons (Fsp3) is 0.154. The summed E-state index contributed by atoms with van der Waals surface area (Å²) in [5.74, 6) is -1.19. The SMILES string of the molecule is CN(Cc1nc2cc(C(=O)N(CCC(=O)O)c3ccccc3)ccc2s1)c1ccc(C(=N)N)cc1. The van der Waals surface area contributed by atoms with Gasteiger partial charge in [-0.25, -0.2) is 4.98 Å². The van der Waals surface area contributed by atoms with E-state index in [2.05, 4.69) is 4.90 Å². The van der Waals surface area contributed by atoms with E-state index in [1.165, 1.54) is 4.90 Å². The Balaban J connectivity index is 1.54. The maximum atomic E-state index is 13.3. The maximum absolute atomic E-state index is 13.3. The molecule has 0 atom stereocenters. The number of rotatable bonds is 9. The molecule has 0 unspecified atom stereocenters. The van der Waals surface area contributed by atoms with Crippen LogP contribution in [0.25, 0.3) is 10.2 Å². The predicted molar refractivity (Wildman–Crippen MR) is 140 cm³/mol. The Kier molecular flexibility index (Phi) is 7.07. The second-order valence-corrected chi connectivity index (χ2v) is 9.16. The number of anilines is 2. The number of thiazole rings is 1. The first-order chi connectivity index (χ1) is 16.8. The zero-order valence-electron chi connectivity index (χ0n) is 19.1. The van der Waals surface area contributed by atoms with Gasteiger partial charge in [-0.2, -0.15) is 0 Å². The summed E-state index contributed by atoms with van der Waals surface area (Å²) in [4.78, 5) is 32.7. The number of carboxylic acid groups (broad SMARTS) is 1. The van der Waals surface area contributed by atoms with Crippen molar-refractivity contribution < 1.29 is 14.7 Å². The highest BCUT2D eigenvalue weighted by molar-refractivity contribution is 7.18. The average molecular weight is 488 g/mol. The van der Waals surface area contributed by atoms with Gasteiger partial charge < -0.3 is 20.6 Å². The molecule has 0 saturated carbocycles. The van der Waals surface area contributed by atoms with Gasteiger partial charge in [0.2, 0.25) is 0 Å². The van der Waals surface area contributed by atoms with Gasteiger partial charge in [-0.3, -0.25) is 15.0 Å². The third-order valence-electron chi connectivity index (χ3n) is 5.53. The van der Waals surface area contributed by atoms with Gasteiger partial charge in [-0.1, -0.05) is 18.2 Å². The quantitative estimate of drug-likeness (QED) is 0.238. The Labute approximate surface area is 206 Å². The van der Waals surface area contributed by atoms with Crippen molar-refractivity contribution in [3.63, 3.8) is 0 Å². The van der Waals surface area contributed by atoms with E-state index in [1.54, 1.807) is 35.6 Å². The molecular formula is C26H25N5O3S. The molecule has 8 nitrogen and oxygen atoms in total. The molecule has 1 aromatic heterocycles. The van der Waals surface area contributed by atoms with Crippen molar-refractivity contribution in [2.75, 3.05) is 23.4 Å². The number of hydrogen-bond acceptors (Lipinski definition) is 6. The van der Waals surface area contributed by atoms with Crippen LogP contribution in [0.3, 0.4) is 0 Å². The molecular weight excluding hydrogens is 462 g/mol. The Morgan fingerprint density at radius 1 is 1.00 bits per heavy atom. The number of para-hydroxylation sites is 1. The number of amidine groups is 1. The molecule has 0 aliphatic rings. The van der Waals surface area contributed by atoms with Crippen LogP contribution in [0.4, 0.5) is 11.4 Å². The number of benzene rings is 3. The van der Waals surface area contributed by atoms with E-state index >= 15 is 0 Å². The monoisotopic (exact) mass is 487 g/mol. The van der Waals surface area contributed by atoms with E-state index in [-0.39, 0.29) is 24.7 Å². The molecule has 0 aliphatic carbocycles. The Bertz CT molecular complexity index is 1370. The number of carbonyl (C=O) groups is 2.